The van der Waals surface area contributed by atoms with Crippen molar-refractivity contribution in [2.24, 2.45) is 11.8 Å². The number of Topliss-reactive ketones (excluding diaryl/α,β-unsaturated/α-hetero) is 1. The Morgan fingerprint density at radius 3 is 2.37 bits per heavy atom. The van der Waals surface area contributed by atoms with Crippen molar-refractivity contribution in [3.8, 4) is 0 Å². The number of ketones is 1. The molecule has 0 aromatic heterocycles. The minimum Gasteiger partial charge on any atom is -0.342 e. The second kappa shape index (κ2) is 5.51. The third-order valence-corrected chi connectivity index (χ3v) is 4.12. The Kier molecular flexibility index (Phi) is 4.16. The quantitative estimate of drug-likeness (QED) is 0.738. The highest BCUT2D eigenvalue weighted by Gasteiger charge is 2.44. The van der Waals surface area contributed by atoms with Crippen molar-refractivity contribution in [2.75, 3.05) is 13.1 Å². The van der Waals surface area contributed by atoms with E-state index >= 15 is 0 Å². The summed E-state index contributed by atoms with van der Waals surface area (Å²) in [6, 6.07) is 0. The largest absolute Gasteiger partial charge is 0.391 e. The number of nitrogens with zero attached hydrogens (tertiary/aromatic N) is 1. The first-order chi connectivity index (χ1) is 8.88. The number of alkyl halides is 3. The number of carbonyl (C=O) groups is 2. The second-order valence-electron chi connectivity index (χ2n) is 5.47. The molecule has 6 heteroatoms. The molecule has 2 aliphatic rings. The van der Waals surface area contributed by atoms with E-state index in [1.165, 1.54) is 0 Å². The lowest BCUT2D eigenvalue weighted by atomic mass is 9.80. The third-order valence-electron chi connectivity index (χ3n) is 4.12. The van der Waals surface area contributed by atoms with Crippen LogP contribution in [0.1, 0.15) is 38.5 Å². The number of halogens is 3. The van der Waals surface area contributed by atoms with Crippen LogP contribution in [0.5, 0.6) is 0 Å². The van der Waals surface area contributed by atoms with Crippen LogP contribution in [0, 0.1) is 11.8 Å². The molecule has 0 bridgehead atoms. The van der Waals surface area contributed by atoms with Gasteiger partial charge in [-0.05, 0) is 19.3 Å². The maximum atomic E-state index is 12.7. The molecule has 108 valence electrons. The van der Waals surface area contributed by atoms with Gasteiger partial charge < -0.3 is 4.90 Å². The van der Waals surface area contributed by atoms with E-state index in [1.54, 1.807) is 4.90 Å². The van der Waals surface area contributed by atoms with Crippen LogP contribution in [0.2, 0.25) is 0 Å². The van der Waals surface area contributed by atoms with E-state index in [-0.39, 0.29) is 24.5 Å². The zero-order valence-corrected chi connectivity index (χ0v) is 10.7. The summed E-state index contributed by atoms with van der Waals surface area (Å²) in [6.07, 6.45) is -2.50. The van der Waals surface area contributed by atoms with Gasteiger partial charge in [0.2, 0.25) is 5.91 Å². The van der Waals surface area contributed by atoms with Gasteiger partial charge in [0.1, 0.15) is 5.78 Å². The molecule has 2 fully saturated rings. The van der Waals surface area contributed by atoms with Crippen LogP contribution < -0.4 is 0 Å². The average Bonchev–Trinajstić information content (AvgIpc) is 2.38. The summed E-state index contributed by atoms with van der Waals surface area (Å²) >= 11 is 0. The molecule has 19 heavy (non-hydrogen) atoms. The zero-order valence-electron chi connectivity index (χ0n) is 10.7. The number of piperidine rings is 1. The Balaban J connectivity index is 1.93. The molecule has 0 aromatic rings. The van der Waals surface area contributed by atoms with Crippen molar-refractivity contribution in [3.63, 3.8) is 0 Å². The first-order valence-electron chi connectivity index (χ1n) is 6.75. The van der Waals surface area contributed by atoms with Gasteiger partial charge in [0.15, 0.2) is 0 Å². The Morgan fingerprint density at radius 1 is 1.16 bits per heavy atom. The van der Waals surface area contributed by atoms with E-state index in [4.69, 9.17) is 0 Å². The number of hydrogen-bond acceptors (Lipinski definition) is 2. The second-order valence-corrected chi connectivity index (χ2v) is 5.47. The number of carbonyl (C=O) groups excluding carboxylic acids is 2. The van der Waals surface area contributed by atoms with E-state index in [1.807, 2.05) is 0 Å². The molecule has 3 nitrogen and oxygen atoms in total. The summed E-state index contributed by atoms with van der Waals surface area (Å²) in [5.74, 6) is -1.93. The third kappa shape index (κ3) is 3.48. The summed E-state index contributed by atoms with van der Waals surface area (Å²) in [5.41, 5.74) is 0. The fourth-order valence-corrected chi connectivity index (χ4v) is 2.95. The molecule has 1 saturated carbocycles. The lowest BCUT2D eigenvalue weighted by Crippen LogP contribution is -2.44. The molecule has 2 rings (SSSR count). The maximum Gasteiger partial charge on any atom is 0.391 e. The molecule has 0 radical (unpaired) electrons. The normalized spacial score (nSPS) is 29.4. The molecular weight excluding hydrogens is 259 g/mol. The smallest absolute Gasteiger partial charge is 0.342 e. The van der Waals surface area contributed by atoms with E-state index < -0.39 is 18.0 Å². The van der Waals surface area contributed by atoms with Gasteiger partial charge in [-0.25, -0.2) is 0 Å². The van der Waals surface area contributed by atoms with Crippen molar-refractivity contribution in [3.05, 3.63) is 0 Å². The van der Waals surface area contributed by atoms with Crippen LogP contribution in [0.25, 0.3) is 0 Å². The number of hydrogen-bond donors (Lipinski definition) is 0. The molecule has 1 aliphatic heterocycles. The molecule has 0 aromatic carbocycles. The maximum absolute atomic E-state index is 12.7. The summed E-state index contributed by atoms with van der Waals surface area (Å²) in [5, 5.41) is 0. The van der Waals surface area contributed by atoms with Gasteiger partial charge in [0, 0.05) is 31.8 Å². The highest BCUT2D eigenvalue weighted by molar-refractivity contribution is 5.84. The molecule has 0 N–H and O–H groups in total. The monoisotopic (exact) mass is 277 g/mol. The van der Waals surface area contributed by atoms with Gasteiger partial charge in [-0.2, -0.15) is 13.2 Å². The Hall–Kier alpha value is -1.07. The Bertz CT molecular complexity index is 357. The molecule has 1 amide bonds. The van der Waals surface area contributed by atoms with Crippen LogP contribution >= 0.6 is 0 Å². The Morgan fingerprint density at radius 2 is 1.79 bits per heavy atom. The SMILES string of the molecule is O=C1CCN(C(=O)C2CCCC(C(F)(F)F)C2)CC1. The minimum absolute atomic E-state index is 0.0905. The zero-order chi connectivity index (χ0) is 14.0. The molecule has 0 spiro atoms. The number of likely N-dealkylation sites (tertiary alicyclic amines) is 1. The highest BCUT2D eigenvalue weighted by Crippen LogP contribution is 2.40. The van der Waals surface area contributed by atoms with Gasteiger partial charge >= 0.3 is 6.18 Å². The van der Waals surface area contributed by atoms with Gasteiger partial charge in [-0.15, -0.1) is 0 Å². The van der Waals surface area contributed by atoms with Gasteiger partial charge in [-0.1, -0.05) is 6.42 Å². The van der Waals surface area contributed by atoms with E-state index in [2.05, 4.69) is 0 Å². The fraction of sp³-hybridized carbons (Fsp3) is 0.846. The molecule has 2 atom stereocenters. The average molecular weight is 277 g/mol. The highest BCUT2D eigenvalue weighted by atomic mass is 19.4. The number of rotatable bonds is 1. The van der Waals surface area contributed by atoms with Crippen molar-refractivity contribution >= 4 is 11.7 Å². The van der Waals surface area contributed by atoms with E-state index in [0.29, 0.717) is 38.8 Å². The van der Waals surface area contributed by atoms with Crippen molar-refractivity contribution < 1.29 is 22.8 Å². The molecular formula is C13H18F3NO2. The predicted octanol–water partition coefficient (Wildman–Crippen LogP) is 2.55. The van der Waals surface area contributed by atoms with Crippen LogP contribution in [0.3, 0.4) is 0 Å². The van der Waals surface area contributed by atoms with Gasteiger partial charge in [0.05, 0.1) is 5.92 Å². The van der Waals surface area contributed by atoms with Crippen LogP contribution in [-0.4, -0.2) is 35.9 Å². The van der Waals surface area contributed by atoms with Crippen LogP contribution in [0.4, 0.5) is 13.2 Å². The van der Waals surface area contributed by atoms with Crippen LogP contribution in [-0.2, 0) is 9.59 Å². The fourth-order valence-electron chi connectivity index (χ4n) is 2.95. The molecule has 1 aliphatic carbocycles. The molecule has 2 unspecified atom stereocenters. The summed E-state index contributed by atoms with van der Waals surface area (Å²) in [7, 11) is 0. The van der Waals surface area contributed by atoms with Crippen molar-refractivity contribution in [1.29, 1.82) is 0 Å². The van der Waals surface area contributed by atoms with Crippen molar-refractivity contribution in [1.82, 2.24) is 4.90 Å². The topological polar surface area (TPSA) is 37.4 Å². The van der Waals surface area contributed by atoms with Gasteiger partial charge in [-0.3, -0.25) is 9.59 Å². The van der Waals surface area contributed by atoms with E-state index in [0.717, 1.165) is 0 Å². The van der Waals surface area contributed by atoms with Crippen molar-refractivity contribution in [2.45, 2.75) is 44.7 Å². The summed E-state index contributed by atoms with van der Waals surface area (Å²) < 4.78 is 38.1. The first-order valence-corrected chi connectivity index (χ1v) is 6.75. The first kappa shape index (κ1) is 14.3. The predicted molar refractivity (Wildman–Crippen MR) is 62.3 cm³/mol. The molecule has 1 saturated heterocycles. The van der Waals surface area contributed by atoms with E-state index in [9.17, 15) is 22.8 Å². The molecule has 1 heterocycles. The summed E-state index contributed by atoms with van der Waals surface area (Å²) in [6.45, 7) is 0.732. The standard InChI is InChI=1S/C13H18F3NO2/c14-13(15,16)10-3-1-2-9(8-10)12(19)17-6-4-11(18)5-7-17/h9-10H,1-8H2. The van der Waals surface area contributed by atoms with Gasteiger partial charge in [0.25, 0.3) is 0 Å². The lowest BCUT2D eigenvalue weighted by Gasteiger charge is -2.34. The minimum atomic E-state index is -4.20. The van der Waals surface area contributed by atoms with Crippen LogP contribution in [0.15, 0.2) is 0 Å². The Labute approximate surface area is 110 Å². The number of amides is 1. The summed E-state index contributed by atoms with van der Waals surface area (Å²) in [4.78, 5) is 24.8. The lowest BCUT2D eigenvalue weighted by molar-refractivity contribution is -0.187.